The topological polar surface area (TPSA) is 20.3 Å². The number of carbonyl (C=O) groups is 1. The zero-order chi connectivity index (χ0) is 13.8. The Morgan fingerprint density at radius 1 is 0.895 bits per heavy atom. The van der Waals surface area contributed by atoms with E-state index in [0.29, 0.717) is 0 Å². The number of carbonyl (C=O) groups excluding carboxylic acids is 1. The fourth-order valence-electron chi connectivity index (χ4n) is 1.92. The SMILES string of the molecule is [CH2]c1ccccc1N(C(=O)C=C)c1ccccc1[CH2]. The van der Waals surface area contributed by atoms with Crippen molar-refractivity contribution in [1.82, 2.24) is 0 Å². The Bertz CT molecular complexity index is 571. The van der Waals surface area contributed by atoms with Gasteiger partial charge in [-0.25, -0.2) is 0 Å². The molecule has 2 heteroatoms. The second-order valence-corrected chi connectivity index (χ2v) is 4.14. The first-order chi connectivity index (χ1) is 9.15. The summed E-state index contributed by atoms with van der Waals surface area (Å²) in [6, 6.07) is 15.0. The fourth-order valence-corrected chi connectivity index (χ4v) is 1.92. The van der Waals surface area contributed by atoms with Crippen molar-refractivity contribution in [3.05, 3.63) is 86.2 Å². The van der Waals surface area contributed by atoms with E-state index in [-0.39, 0.29) is 5.91 Å². The van der Waals surface area contributed by atoms with E-state index in [1.165, 1.54) is 6.08 Å². The van der Waals surface area contributed by atoms with Gasteiger partial charge in [0.2, 0.25) is 0 Å². The van der Waals surface area contributed by atoms with Crippen LogP contribution in [0.2, 0.25) is 0 Å². The van der Waals surface area contributed by atoms with Gasteiger partial charge in [0.15, 0.2) is 0 Å². The minimum Gasteiger partial charge on any atom is -0.277 e. The number of anilines is 2. The Balaban J connectivity index is 2.61. The Labute approximate surface area is 114 Å². The fraction of sp³-hybridized carbons (Fsp3) is 0. The smallest absolute Gasteiger partial charge is 0.254 e. The van der Waals surface area contributed by atoms with E-state index >= 15 is 0 Å². The van der Waals surface area contributed by atoms with E-state index in [0.717, 1.165) is 22.5 Å². The number of hydrogen-bond acceptors (Lipinski definition) is 1. The molecular weight excluding hydrogens is 234 g/mol. The quantitative estimate of drug-likeness (QED) is 0.755. The lowest BCUT2D eigenvalue weighted by molar-refractivity contribution is -0.113. The normalized spacial score (nSPS) is 10.0. The van der Waals surface area contributed by atoms with Crippen molar-refractivity contribution in [2.45, 2.75) is 0 Å². The second kappa shape index (κ2) is 5.53. The number of benzene rings is 2. The third kappa shape index (κ3) is 2.58. The minimum absolute atomic E-state index is 0.202. The molecule has 0 saturated carbocycles. The maximum absolute atomic E-state index is 12.2. The molecule has 0 bridgehead atoms. The molecule has 2 nitrogen and oxygen atoms in total. The summed E-state index contributed by atoms with van der Waals surface area (Å²) in [5, 5.41) is 0. The van der Waals surface area contributed by atoms with Gasteiger partial charge in [0.05, 0.1) is 11.4 Å². The molecule has 0 aliphatic rings. The number of nitrogens with zero attached hydrogens (tertiary/aromatic N) is 1. The van der Waals surface area contributed by atoms with Gasteiger partial charge in [0, 0.05) is 0 Å². The predicted molar refractivity (Wildman–Crippen MR) is 79.1 cm³/mol. The van der Waals surface area contributed by atoms with Crippen molar-refractivity contribution >= 4 is 17.3 Å². The van der Waals surface area contributed by atoms with Crippen molar-refractivity contribution in [2.75, 3.05) is 4.90 Å². The Morgan fingerprint density at radius 3 is 1.68 bits per heavy atom. The third-order valence-electron chi connectivity index (χ3n) is 2.86. The van der Waals surface area contributed by atoms with Crippen LogP contribution in [-0.4, -0.2) is 5.91 Å². The first-order valence-corrected chi connectivity index (χ1v) is 5.93. The van der Waals surface area contributed by atoms with Crippen LogP contribution in [0.1, 0.15) is 11.1 Å². The monoisotopic (exact) mass is 249 g/mol. The largest absolute Gasteiger partial charge is 0.277 e. The van der Waals surface area contributed by atoms with Crippen molar-refractivity contribution in [1.29, 1.82) is 0 Å². The van der Waals surface area contributed by atoms with Gasteiger partial charge < -0.3 is 0 Å². The first kappa shape index (κ1) is 13.1. The molecule has 0 aliphatic heterocycles. The Kier molecular flexibility index (Phi) is 3.81. The zero-order valence-electron chi connectivity index (χ0n) is 10.7. The summed E-state index contributed by atoms with van der Waals surface area (Å²) in [6.07, 6.45) is 1.29. The summed E-state index contributed by atoms with van der Waals surface area (Å²) >= 11 is 0. The average Bonchev–Trinajstić information content (AvgIpc) is 2.43. The molecule has 94 valence electrons. The van der Waals surface area contributed by atoms with Crippen molar-refractivity contribution < 1.29 is 4.79 Å². The summed E-state index contributed by atoms with van der Waals surface area (Å²) in [5.41, 5.74) is 3.04. The van der Waals surface area contributed by atoms with Crippen LogP contribution >= 0.6 is 0 Å². The van der Waals surface area contributed by atoms with Gasteiger partial charge in [0.1, 0.15) is 0 Å². The molecule has 0 aromatic heterocycles. The maximum atomic E-state index is 12.2. The highest BCUT2D eigenvalue weighted by molar-refractivity contribution is 6.07. The lowest BCUT2D eigenvalue weighted by atomic mass is 10.1. The highest BCUT2D eigenvalue weighted by Crippen LogP contribution is 2.30. The van der Waals surface area contributed by atoms with Crippen molar-refractivity contribution in [3.8, 4) is 0 Å². The summed E-state index contributed by atoms with van der Waals surface area (Å²) in [6.45, 7) is 11.5. The second-order valence-electron chi connectivity index (χ2n) is 4.14. The van der Waals surface area contributed by atoms with Crippen LogP contribution in [0, 0.1) is 13.8 Å². The lowest BCUT2D eigenvalue weighted by Crippen LogP contribution is -2.25. The standard InChI is InChI=1S/C17H15NO/c1-4-17(19)18(15-11-7-5-9-13(15)2)16-12-8-6-10-14(16)3/h4-12H,1-3H2. The number of rotatable bonds is 3. The van der Waals surface area contributed by atoms with Crippen molar-refractivity contribution in [3.63, 3.8) is 0 Å². The average molecular weight is 249 g/mol. The van der Waals surface area contributed by atoms with E-state index < -0.39 is 0 Å². The minimum atomic E-state index is -0.202. The molecule has 0 atom stereocenters. The van der Waals surface area contributed by atoms with Crippen LogP contribution in [-0.2, 0) is 4.79 Å². The van der Waals surface area contributed by atoms with Crippen molar-refractivity contribution in [2.24, 2.45) is 0 Å². The van der Waals surface area contributed by atoms with E-state index in [1.807, 2.05) is 48.5 Å². The first-order valence-electron chi connectivity index (χ1n) is 5.93. The van der Waals surface area contributed by atoms with Crippen LogP contribution < -0.4 is 4.90 Å². The van der Waals surface area contributed by atoms with Gasteiger partial charge in [-0.05, 0) is 43.2 Å². The predicted octanol–water partition coefficient (Wildman–Crippen LogP) is 3.90. The molecule has 0 heterocycles. The van der Waals surface area contributed by atoms with Gasteiger partial charge in [0.25, 0.3) is 5.91 Å². The van der Waals surface area contributed by atoms with Gasteiger partial charge in [-0.15, -0.1) is 0 Å². The summed E-state index contributed by atoms with van der Waals surface area (Å²) < 4.78 is 0. The lowest BCUT2D eigenvalue weighted by Gasteiger charge is -2.24. The maximum Gasteiger partial charge on any atom is 0.254 e. The molecule has 0 N–H and O–H groups in total. The van der Waals surface area contributed by atoms with E-state index in [4.69, 9.17) is 0 Å². The highest BCUT2D eigenvalue weighted by atomic mass is 16.2. The van der Waals surface area contributed by atoms with Gasteiger partial charge in [-0.1, -0.05) is 43.0 Å². The Hall–Kier alpha value is -2.35. The van der Waals surface area contributed by atoms with Crippen LogP contribution in [0.3, 0.4) is 0 Å². The summed E-state index contributed by atoms with van der Waals surface area (Å²) in [4.78, 5) is 13.8. The highest BCUT2D eigenvalue weighted by Gasteiger charge is 2.18. The number of hydrogen-bond donors (Lipinski definition) is 0. The van der Waals surface area contributed by atoms with E-state index in [2.05, 4.69) is 20.4 Å². The van der Waals surface area contributed by atoms with E-state index in [9.17, 15) is 4.79 Å². The molecular formula is C17H15NO. The molecule has 0 fully saturated rings. The van der Waals surface area contributed by atoms with Crippen LogP contribution in [0.15, 0.2) is 61.2 Å². The molecule has 2 aromatic rings. The summed E-state index contributed by atoms with van der Waals surface area (Å²) in [7, 11) is 0. The summed E-state index contributed by atoms with van der Waals surface area (Å²) in [5.74, 6) is -0.202. The van der Waals surface area contributed by atoms with Crippen LogP contribution in [0.4, 0.5) is 11.4 Å². The molecule has 2 aromatic carbocycles. The molecule has 0 saturated heterocycles. The van der Waals surface area contributed by atoms with Gasteiger partial charge in [-0.2, -0.15) is 0 Å². The molecule has 0 unspecified atom stereocenters. The molecule has 1 amide bonds. The molecule has 0 spiro atoms. The number of para-hydroxylation sites is 2. The number of amides is 1. The third-order valence-corrected chi connectivity index (χ3v) is 2.86. The van der Waals surface area contributed by atoms with Crippen LogP contribution in [0.5, 0.6) is 0 Å². The van der Waals surface area contributed by atoms with Crippen LogP contribution in [0.25, 0.3) is 0 Å². The van der Waals surface area contributed by atoms with Gasteiger partial charge >= 0.3 is 0 Å². The van der Waals surface area contributed by atoms with Gasteiger partial charge in [-0.3, -0.25) is 9.69 Å². The molecule has 0 aliphatic carbocycles. The molecule has 2 rings (SSSR count). The van der Waals surface area contributed by atoms with E-state index in [1.54, 1.807) is 4.90 Å². The molecule has 19 heavy (non-hydrogen) atoms. The molecule has 2 radical (unpaired) electrons. The zero-order valence-corrected chi connectivity index (χ0v) is 10.7. The Morgan fingerprint density at radius 2 is 1.32 bits per heavy atom.